The Balaban J connectivity index is 2.28. The highest BCUT2D eigenvalue weighted by Gasteiger charge is 2.10. The van der Waals surface area contributed by atoms with Crippen LogP contribution in [0.15, 0.2) is 0 Å². The molecule has 3 heteroatoms. The Kier molecular flexibility index (Phi) is 3.12. The minimum Gasteiger partial charge on any atom is -0.316 e. The second-order valence-corrected chi connectivity index (χ2v) is 2.88. The second-order valence-electron chi connectivity index (χ2n) is 2.88. The highest BCUT2D eigenvalue weighted by atomic mass is 15.2. The van der Waals surface area contributed by atoms with Crippen molar-refractivity contribution in [3.05, 3.63) is 0 Å². The molecule has 1 aliphatic rings. The molecule has 60 valence electrons. The van der Waals surface area contributed by atoms with E-state index in [-0.39, 0.29) is 6.17 Å². The van der Waals surface area contributed by atoms with Crippen LogP contribution in [0.4, 0.5) is 0 Å². The molecule has 0 amide bonds. The molecular weight excluding hydrogens is 126 g/mol. The van der Waals surface area contributed by atoms with Gasteiger partial charge in [0.2, 0.25) is 0 Å². The van der Waals surface area contributed by atoms with E-state index in [1.54, 1.807) is 0 Å². The molecule has 1 aliphatic heterocycles. The first kappa shape index (κ1) is 7.98. The number of hydrogen-bond donors (Lipinski definition) is 2. The van der Waals surface area contributed by atoms with Gasteiger partial charge in [0.15, 0.2) is 0 Å². The third kappa shape index (κ3) is 2.25. The van der Waals surface area contributed by atoms with Crippen LogP contribution in [0.25, 0.3) is 0 Å². The van der Waals surface area contributed by atoms with Crippen LogP contribution in [0.2, 0.25) is 0 Å². The minimum absolute atomic E-state index is 0.222. The highest BCUT2D eigenvalue weighted by molar-refractivity contribution is 4.67. The minimum atomic E-state index is 0.222. The molecule has 0 aromatic rings. The van der Waals surface area contributed by atoms with Crippen LogP contribution >= 0.6 is 0 Å². The van der Waals surface area contributed by atoms with Gasteiger partial charge in [-0.3, -0.25) is 4.90 Å². The van der Waals surface area contributed by atoms with E-state index in [1.165, 1.54) is 6.42 Å². The third-order valence-corrected chi connectivity index (χ3v) is 1.95. The van der Waals surface area contributed by atoms with Crippen molar-refractivity contribution in [2.24, 2.45) is 5.73 Å². The van der Waals surface area contributed by atoms with Gasteiger partial charge in [0, 0.05) is 19.6 Å². The van der Waals surface area contributed by atoms with Gasteiger partial charge in [-0.1, -0.05) is 0 Å². The lowest BCUT2D eigenvalue weighted by molar-refractivity contribution is 0.228. The average Bonchev–Trinajstić information content (AvgIpc) is 2.12. The van der Waals surface area contributed by atoms with Crippen molar-refractivity contribution in [3.8, 4) is 0 Å². The van der Waals surface area contributed by atoms with E-state index in [4.69, 9.17) is 5.73 Å². The van der Waals surface area contributed by atoms with E-state index in [0.717, 1.165) is 26.2 Å². The fourth-order valence-electron chi connectivity index (χ4n) is 1.27. The van der Waals surface area contributed by atoms with Crippen molar-refractivity contribution < 1.29 is 0 Å². The van der Waals surface area contributed by atoms with Crippen LogP contribution < -0.4 is 11.1 Å². The Morgan fingerprint density at radius 2 is 2.20 bits per heavy atom. The van der Waals surface area contributed by atoms with Crippen molar-refractivity contribution in [2.75, 3.05) is 26.2 Å². The summed E-state index contributed by atoms with van der Waals surface area (Å²) in [6.07, 6.45) is 1.45. The van der Waals surface area contributed by atoms with Gasteiger partial charge in [-0.2, -0.15) is 0 Å². The van der Waals surface area contributed by atoms with Gasteiger partial charge < -0.3 is 11.1 Å². The van der Waals surface area contributed by atoms with Crippen LogP contribution in [-0.2, 0) is 0 Å². The SMILES string of the molecule is CC(N)N1CCCNCC1. The molecule has 1 rings (SSSR count). The number of hydrogen-bond acceptors (Lipinski definition) is 3. The highest BCUT2D eigenvalue weighted by Crippen LogP contribution is 1.96. The zero-order valence-corrected chi connectivity index (χ0v) is 6.64. The first-order valence-electron chi connectivity index (χ1n) is 4.01. The van der Waals surface area contributed by atoms with Crippen molar-refractivity contribution in [1.29, 1.82) is 0 Å². The standard InChI is InChI=1S/C7H17N3/c1-7(8)10-5-2-3-9-4-6-10/h7,9H,2-6,8H2,1H3. The van der Waals surface area contributed by atoms with Crippen LogP contribution in [-0.4, -0.2) is 37.2 Å². The lowest BCUT2D eigenvalue weighted by Gasteiger charge is -2.23. The summed E-state index contributed by atoms with van der Waals surface area (Å²) in [5.74, 6) is 0. The largest absolute Gasteiger partial charge is 0.316 e. The summed E-state index contributed by atoms with van der Waals surface area (Å²) < 4.78 is 0. The van der Waals surface area contributed by atoms with E-state index in [2.05, 4.69) is 10.2 Å². The summed E-state index contributed by atoms with van der Waals surface area (Å²) in [6, 6.07) is 0. The maximum absolute atomic E-state index is 5.73. The average molecular weight is 143 g/mol. The molecular formula is C7H17N3. The third-order valence-electron chi connectivity index (χ3n) is 1.95. The van der Waals surface area contributed by atoms with Gasteiger partial charge >= 0.3 is 0 Å². The van der Waals surface area contributed by atoms with Gasteiger partial charge in [0.1, 0.15) is 0 Å². The molecule has 1 heterocycles. The normalized spacial score (nSPS) is 25.8. The van der Waals surface area contributed by atoms with Crippen LogP contribution in [0.5, 0.6) is 0 Å². The summed E-state index contributed by atoms with van der Waals surface area (Å²) in [4.78, 5) is 2.31. The predicted octanol–water partition coefficient (Wildman–Crippen LogP) is -0.414. The molecule has 1 unspecified atom stereocenters. The van der Waals surface area contributed by atoms with Gasteiger partial charge in [-0.15, -0.1) is 0 Å². The van der Waals surface area contributed by atoms with E-state index < -0.39 is 0 Å². The molecule has 10 heavy (non-hydrogen) atoms. The summed E-state index contributed by atoms with van der Waals surface area (Å²) in [7, 11) is 0. The van der Waals surface area contributed by atoms with E-state index in [1.807, 2.05) is 6.92 Å². The van der Waals surface area contributed by atoms with Crippen LogP contribution in [0.1, 0.15) is 13.3 Å². The Bertz CT molecular complexity index is 84.9. The quantitative estimate of drug-likeness (QED) is 0.524. The Labute approximate surface area is 62.6 Å². The molecule has 1 saturated heterocycles. The molecule has 0 aliphatic carbocycles. The summed E-state index contributed by atoms with van der Waals surface area (Å²) in [5.41, 5.74) is 5.73. The Morgan fingerprint density at radius 3 is 2.90 bits per heavy atom. The molecule has 3 nitrogen and oxygen atoms in total. The molecule has 0 aromatic carbocycles. The number of nitrogens with two attached hydrogens (primary N) is 1. The molecule has 0 radical (unpaired) electrons. The Morgan fingerprint density at radius 1 is 1.40 bits per heavy atom. The van der Waals surface area contributed by atoms with Crippen LogP contribution in [0, 0.1) is 0 Å². The van der Waals surface area contributed by atoms with E-state index >= 15 is 0 Å². The smallest absolute Gasteiger partial charge is 0.0543 e. The van der Waals surface area contributed by atoms with Crippen molar-refractivity contribution in [1.82, 2.24) is 10.2 Å². The first-order valence-corrected chi connectivity index (χ1v) is 4.01. The zero-order valence-electron chi connectivity index (χ0n) is 6.64. The van der Waals surface area contributed by atoms with Gasteiger partial charge in [-0.25, -0.2) is 0 Å². The predicted molar refractivity (Wildman–Crippen MR) is 42.7 cm³/mol. The molecule has 0 spiro atoms. The maximum Gasteiger partial charge on any atom is 0.0543 e. The summed E-state index contributed by atoms with van der Waals surface area (Å²) in [5, 5.41) is 3.33. The zero-order chi connectivity index (χ0) is 7.40. The number of nitrogens with one attached hydrogen (secondary N) is 1. The fraction of sp³-hybridized carbons (Fsp3) is 1.00. The maximum atomic E-state index is 5.73. The lowest BCUT2D eigenvalue weighted by Crippen LogP contribution is -2.41. The monoisotopic (exact) mass is 143 g/mol. The molecule has 0 aromatic heterocycles. The topological polar surface area (TPSA) is 41.3 Å². The number of nitrogens with zero attached hydrogens (tertiary/aromatic N) is 1. The first-order chi connectivity index (χ1) is 4.80. The van der Waals surface area contributed by atoms with Crippen molar-refractivity contribution in [3.63, 3.8) is 0 Å². The lowest BCUT2D eigenvalue weighted by atomic mass is 10.4. The molecule has 0 bridgehead atoms. The van der Waals surface area contributed by atoms with Crippen molar-refractivity contribution in [2.45, 2.75) is 19.5 Å². The molecule has 1 atom stereocenters. The fourth-order valence-corrected chi connectivity index (χ4v) is 1.27. The van der Waals surface area contributed by atoms with Crippen LogP contribution in [0.3, 0.4) is 0 Å². The molecule has 1 fully saturated rings. The van der Waals surface area contributed by atoms with E-state index in [0.29, 0.717) is 0 Å². The summed E-state index contributed by atoms with van der Waals surface area (Å²) in [6.45, 7) is 6.51. The van der Waals surface area contributed by atoms with Gasteiger partial charge in [-0.05, 0) is 19.9 Å². The van der Waals surface area contributed by atoms with Gasteiger partial charge in [0.05, 0.1) is 6.17 Å². The number of rotatable bonds is 1. The summed E-state index contributed by atoms with van der Waals surface area (Å²) >= 11 is 0. The van der Waals surface area contributed by atoms with Crippen molar-refractivity contribution >= 4 is 0 Å². The van der Waals surface area contributed by atoms with Gasteiger partial charge in [0.25, 0.3) is 0 Å². The van der Waals surface area contributed by atoms with E-state index in [9.17, 15) is 0 Å². The Hall–Kier alpha value is -0.120. The molecule has 0 saturated carbocycles. The molecule has 3 N–H and O–H groups in total. The second kappa shape index (κ2) is 3.91.